The third-order valence-electron chi connectivity index (χ3n) is 1.20. The average Bonchev–Trinajstić information content (AvgIpc) is 1.98. The number of halogens is 3. The van der Waals surface area contributed by atoms with Gasteiger partial charge in [0.2, 0.25) is 0 Å². The highest BCUT2D eigenvalue weighted by Gasteiger charge is 1.95. The number of hydrogen-bond acceptors (Lipinski definition) is 0. The second-order valence-corrected chi connectivity index (χ2v) is 3.05. The molecule has 0 fully saturated rings. The van der Waals surface area contributed by atoms with Crippen molar-refractivity contribution in [2.75, 3.05) is 0 Å². The molecule has 58 valence electrons. The molecule has 0 saturated carbocycles. The van der Waals surface area contributed by atoms with Gasteiger partial charge in [-0.3, -0.25) is 0 Å². The van der Waals surface area contributed by atoms with Gasteiger partial charge in [0.15, 0.2) is 0 Å². The van der Waals surface area contributed by atoms with E-state index in [4.69, 9.17) is 34.8 Å². The summed E-state index contributed by atoms with van der Waals surface area (Å²) in [6.07, 6.45) is 1.69. The molecule has 3 heteroatoms. The summed E-state index contributed by atoms with van der Waals surface area (Å²) in [4.78, 5) is 0. The zero-order valence-electron chi connectivity index (χ0n) is 5.52. The van der Waals surface area contributed by atoms with Crippen LogP contribution in [0.15, 0.2) is 23.7 Å². The smallest absolute Gasteiger partial charge is 0.0479 e. The molecule has 0 aliphatic rings. The second kappa shape index (κ2) is 4.01. The van der Waals surface area contributed by atoms with Crippen LogP contribution in [0, 0.1) is 0 Å². The van der Waals surface area contributed by atoms with Crippen molar-refractivity contribution in [1.82, 2.24) is 0 Å². The van der Waals surface area contributed by atoms with Crippen LogP contribution in [0.25, 0.3) is 6.08 Å². The zero-order valence-corrected chi connectivity index (χ0v) is 7.79. The predicted molar refractivity (Wildman–Crippen MR) is 51.3 cm³/mol. The summed E-state index contributed by atoms with van der Waals surface area (Å²) in [5, 5.41) is 1.30. The van der Waals surface area contributed by atoms with Gasteiger partial charge in [0, 0.05) is 15.6 Å². The first kappa shape index (κ1) is 8.92. The van der Waals surface area contributed by atoms with Gasteiger partial charge in [-0.15, -0.1) is 0 Å². The van der Waals surface area contributed by atoms with Crippen LogP contribution in [0.1, 0.15) is 5.56 Å². The SMILES string of the molecule is Cl/C=C/c1cc(Cl)ccc1Cl. The average molecular weight is 207 g/mol. The van der Waals surface area contributed by atoms with Crippen molar-refractivity contribution >= 4 is 40.9 Å². The lowest BCUT2D eigenvalue weighted by molar-refractivity contribution is 1.66. The molecule has 0 bridgehead atoms. The number of rotatable bonds is 1. The molecular formula is C8H5Cl3. The van der Waals surface area contributed by atoms with E-state index in [1.165, 1.54) is 5.54 Å². The van der Waals surface area contributed by atoms with E-state index in [-0.39, 0.29) is 0 Å². The van der Waals surface area contributed by atoms with Crippen molar-refractivity contribution in [3.8, 4) is 0 Å². The Morgan fingerprint density at radius 2 is 1.91 bits per heavy atom. The minimum atomic E-state index is 0.645. The normalized spacial score (nSPS) is 10.8. The van der Waals surface area contributed by atoms with Crippen LogP contribution in [-0.4, -0.2) is 0 Å². The maximum absolute atomic E-state index is 5.81. The summed E-state index contributed by atoms with van der Waals surface area (Å²) in [5.41, 5.74) is 2.23. The molecule has 0 aromatic heterocycles. The first-order valence-electron chi connectivity index (χ1n) is 2.96. The summed E-state index contributed by atoms with van der Waals surface area (Å²) in [7, 11) is 0. The summed E-state index contributed by atoms with van der Waals surface area (Å²) in [6.45, 7) is 0. The van der Waals surface area contributed by atoms with Crippen LogP contribution >= 0.6 is 34.8 Å². The Labute approximate surface area is 80.4 Å². The van der Waals surface area contributed by atoms with Crippen molar-refractivity contribution in [2.24, 2.45) is 0 Å². The van der Waals surface area contributed by atoms with Crippen LogP contribution in [0.4, 0.5) is 0 Å². The van der Waals surface area contributed by atoms with Crippen LogP contribution in [0.2, 0.25) is 10.0 Å². The first-order valence-corrected chi connectivity index (χ1v) is 4.15. The Morgan fingerprint density at radius 3 is 2.55 bits per heavy atom. The molecule has 0 atom stereocenters. The van der Waals surface area contributed by atoms with Crippen molar-refractivity contribution in [2.45, 2.75) is 0 Å². The Morgan fingerprint density at radius 1 is 1.18 bits per heavy atom. The monoisotopic (exact) mass is 206 g/mol. The molecule has 0 heterocycles. The Hall–Kier alpha value is -0.170. The molecule has 1 aromatic carbocycles. The van der Waals surface area contributed by atoms with Crippen molar-refractivity contribution < 1.29 is 0 Å². The summed E-state index contributed by atoms with van der Waals surface area (Å²) >= 11 is 16.9. The van der Waals surface area contributed by atoms with Gasteiger partial charge in [0.1, 0.15) is 0 Å². The van der Waals surface area contributed by atoms with Crippen molar-refractivity contribution in [3.63, 3.8) is 0 Å². The molecule has 11 heavy (non-hydrogen) atoms. The second-order valence-electron chi connectivity index (χ2n) is 1.96. The molecule has 0 nitrogen and oxygen atoms in total. The fourth-order valence-electron chi connectivity index (χ4n) is 0.710. The largest absolute Gasteiger partial charge is 0.0929 e. The van der Waals surface area contributed by atoms with E-state index in [1.807, 2.05) is 0 Å². The van der Waals surface area contributed by atoms with Crippen LogP contribution in [0.3, 0.4) is 0 Å². The van der Waals surface area contributed by atoms with Crippen LogP contribution in [-0.2, 0) is 0 Å². The number of benzene rings is 1. The fourth-order valence-corrected chi connectivity index (χ4v) is 1.21. The molecule has 0 N–H and O–H groups in total. The van der Waals surface area contributed by atoms with E-state index in [1.54, 1.807) is 24.3 Å². The lowest BCUT2D eigenvalue weighted by atomic mass is 10.2. The summed E-state index contributed by atoms with van der Waals surface area (Å²) in [6, 6.07) is 5.22. The third kappa shape index (κ3) is 2.41. The quantitative estimate of drug-likeness (QED) is 0.647. The molecule has 0 saturated heterocycles. The topological polar surface area (TPSA) is 0 Å². The van der Waals surface area contributed by atoms with Gasteiger partial charge < -0.3 is 0 Å². The summed E-state index contributed by atoms with van der Waals surface area (Å²) < 4.78 is 0. The highest BCUT2D eigenvalue weighted by molar-refractivity contribution is 6.34. The lowest BCUT2D eigenvalue weighted by Crippen LogP contribution is -1.73. The van der Waals surface area contributed by atoms with E-state index in [0.29, 0.717) is 10.0 Å². The summed E-state index contributed by atoms with van der Waals surface area (Å²) in [5.74, 6) is 0. The molecule has 0 unspecified atom stereocenters. The third-order valence-corrected chi connectivity index (χ3v) is 1.91. The Bertz CT molecular complexity index is 279. The van der Waals surface area contributed by atoms with E-state index in [9.17, 15) is 0 Å². The highest BCUT2D eigenvalue weighted by Crippen LogP contribution is 2.21. The Balaban J connectivity index is 3.12. The molecule has 0 spiro atoms. The maximum Gasteiger partial charge on any atom is 0.0479 e. The lowest BCUT2D eigenvalue weighted by Gasteiger charge is -1.96. The van der Waals surface area contributed by atoms with Gasteiger partial charge in [-0.1, -0.05) is 34.8 Å². The highest BCUT2D eigenvalue weighted by atomic mass is 35.5. The van der Waals surface area contributed by atoms with Gasteiger partial charge in [-0.05, 0) is 29.8 Å². The van der Waals surface area contributed by atoms with Crippen molar-refractivity contribution in [3.05, 3.63) is 39.3 Å². The molecule has 0 amide bonds. The van der Waals surface area contributed by atoms with E-state index in [2.05, 4.69) is 0 Å². The minimum absolute atomic E-state index is 0.645. The van der Waals surface area contributed by atoms with E-state index in [0.717, 1.165) is 5.56 Å². The predicted octanol–water partition coefficient (Wildman–Crippen LogP) is 4.20. The number of hydrogen-bond donors (Lipinski definition) is 0. The molecular weight excluding hydrogens is 202 g/mol. The van der Waals surface area contributed by atoms with Crippen LogP contribution < -0.4 is 0 Å². The molecule has 0 radical (unpaired) electrons. The van der Waals surface area contributed by atoms with E-state index >= 15 is 0 Å². The zero-order chi connectivity index (χ0) is 8.27. The van der Waals surface area contributed by atoms with Gasteiger partial charge in [0.25, 0.3) is 0 Å². The minimum Gasteiger partial charge on any atom is -0.0929 e. The maximum atomic E-state index is 5.81. The van der Waals surface area contributed by atoms with Gasteiger partial charge >= 0.3 is 0 Å². The van der Waals surface area contributed by atoms with Gasteiger partial charge in [-0.25, -0.2) is 0 Å². The fraction of sp³-hybridized carbons (Fsp3) is 0. The molecule has 1 rings (SSSR count). The molecule has 0 aliphatic carbocycles. The van der Waals surface area contributed by atoms with Gasteiger partial charge in [-0.2, -0.15) is 0 Å². The Kier molecular flexibility index (Phi) is 3.25. The van der Waals surface area contributed by atoms with Crippen LogP contribution in [0.5, 0.6) is 0 Å². The molecule has 0 aliphatic heterocycles. The first-order chi connectivity index (χ1) is 5.24. The van der Waals surface area contributed by atoms with Crippen molar-refractivity contribution in [1.29, 1.82) is 0 Å². The van der Waals surface area contributed by atoms with E-state index < -0.39 is 0 Å². The standard InChI is InChI=1S/C8H5Cl3/c9-4-3-6-5-7(10)1-2-8(6)11/h1-5H/b4-3+. The molecule has 1 aromatic rings. The van der Waals surface area contributed by atoms with Gasteiger partial charge in [0.05, 0.1) is 0 Å².